The van der Waals surface area contributed by atoms with E-state index in [1.807, 2.05) is 0 Å². The molecular weight excluding hydrogens is 450 g/mol. The van der Waals surface area contributed by atoms with E-state index in [0.717, 1.165) is 4.90 Å². The van der Waals surface area contributed by atoms with Crippen LogP contribution in [0.4, 0.5) is 0 Å². The van der Waals surface area contributed by atoms with E-state index in [4.69, 9.17) is 15.3 Å². The van der Waals surface area contributed by atoms with Crippen molar-refractivity contribution in [3.63, 3.8) is 0 Å². The topological polar surface area (TPSA) is 241 Å². The quantitative estimate of drug-likeness (QED) is 0.147. The fraction of sp³-hybridized carbons (Fsp3) is 0.632. The summed E-state index contributed by atoms with van der Waals surface area (Å²) in [5, 5.41) is 98.1. The number of ketones is 1. The molecule has 2 heterocycles. The lowest BCUT2D eigenvalue weighted by atomic mass is 9.77. The molecule has 0 amide bonds. The minimum Gasteiger partial charge on any atom is -0.504 e. The van der Waals surface area contributed by atoms with Crippen LogP contribution in [0.3, 0.4) is 0 Å². The monoisotopic (exact) mass is 477 g/mol. The summed E-state index contributed by atoms with van der Waals surface area (Å²) >= 11 is 0. The summed E-state index contributed by atoms with van der Waals surface area (Å²) < 4.78 is 8.69. The van der Waals surface area contributed by atoms with Gasteiger partial charge in [0.05, 0.1) is 12.0 Å². The number of hydrogen-bond donors (Lipinski definition) is 10. The van der Waals surface area contributed by atoms with Crippen molar-refractivity contribution in [3.8, 4) is 23.0 Å². The van der Waals surface area contributed by atoms with Crippen LogP contribution in [0, 0.1) is 11.8 Å². The molecule has 0 aromatic heterocycles. The predicted molar refractivity (Wildman–Crippen MR) is 103 cm³/mol. The highest BCUT2D eigenvalue weighted by Gasteiger charge is 2.55. The number of carbonyl (C=O) groups excluding carboxylic acids is 1. The molecule has 3 rings (SSSR count). The Bertz CT molecular complexity index is 931. The maximum atomic E-state index is 12.8. The van der Waals surface area contributed by atoms with E-state index in [1.54, 1.807) is 13.8 Å². The number of aromatic hydroxyl groups is 2. The van der Waals surface area contributed by atoms with E-state index < -0.39 is 59.0 Å². The van der Waals surface area contributed by atoms with Crippen LogP contribution in [0.2, 0.25) is 0 Å². The Kier molecular flexibility index (Phi) is 6.29. The van der Waals surface area contributed by atoms with Crippen LogP contribution in [0.5, 0.6) is 23.0 Å². The third kappa shape index (κ3) is 4.84. The molecule has 1 aromatic carbocycles. The highest BCUT2D eigenvalue weighted by Crippen LogP contribution is 2.57. The van der Waals surface area contributed by atoms with Crippen molar-refractivity contribution in [2.24, 2.45) is 11.8 Å². The summed E-state index contributed by atoms with van der Waals surface area (Å²) in [6.45, 7) is 3.46. The summed E-state index contributed by atoms with van der Waals surface area (Å²) in [4.78, 5) is 13.9. The fourth-order valence-corrected chi connectivity index (χ4v) is 4.48. The molecule has 33 heavy (non-hydrogen) atoms. The van der Waals surface area contributed by atoms with Gasteiger partial charge in [0.25, 0.3) is 0 Å². The number of phenols is 2. The number of phenolic OH excluding ortho intramolecular Hbond substituents is 2. The minimum atomic E-state index is -3.96. The van der Waals surface area contributed by atoms with Crippen molar-refractivity contribution in [2.75, 3.05) is 6.54 Å². The maximum absolute atomic E-state index is 12.8. The molecule has 0 bridgehead atoms. The number of carbonyl (C=O) groups is 1. The van der Waals surface area contributed by atoms with Crippen molar-refractivity contribution in [3.05, 3.63) is 11.1 Å². The van der Waals surface area contributed by atoms with Gasteiger partial charge < -0.3 is 60.5 Å². The molecule has 2 aliphatic heterocycles. The molecule has 2 aliphatic rings. The van der Waals surface area contributed by atoms with Crippen molar-refractivity contribution in [2.45, 2.75) is 57.4 Å². The van der Waals surface area contributed by atoms with E-state index in [9.17, 15) is 40.5 Å². The molecule has 0 spiro atoms. The number of hydrogen-bond acceptors (Lipinski definition) is 14. The van der Waals surface area contributed by atoms with Gasteiger partial charge in [0.1, 0.15) is 5.78 Å². The molecule has 1 aromatic rings. The molecule has 2 unspecified atom stereocenters. The van der Waals surface area contributed by atoms with Crippen molar-refractivity contribution in [1.29, 1.82) is 0 Å². The van der Waals surface area contributed by atoms with E-state index >= 15 is 0 Å². The third-order valence-electron chi connectivity index (χ3n) is 5.67. The molecule has 14 heteroatoms. The molecule has 0 radical (unpaired) electrons. The summed E-state index contributed by atoms with van der Waals surface area (Å²) in [6, 6.07) is -1.24. The molecule has 10 N–H and O–H groups in total. The van der Waals surface area contributed by atoms with Gasteiger partial charge in [-0.1, -0.05) is 13.8 Å². The maximum Gasteiger partial charge on any atom is 0.453 e. The number of nitrogens with zero attached hydrogens (tertiary/aromatic N) is 1. The minimum absolute atomic E-state index is 0.0501. The average Bonchev–Trinajstić information content (AvgIpc) is 2.63. The number of benzene rings is 1. The number of Topliss-reactive ketones (excluding diaryl/α,β-unsaturated/α-hetero) is 1. The fourth-order valence-electron chi connectivity index (χ4n) is 4.48. The van der Waals surface area contributed by atoms with Crippen molar-refractivity contribution < 1.29 is 65.3 Å². The second-order valence-electron chi connectivity index (χ2n) is 8.60. The summed E-state index contributed by atoms with van der Waals surface area (Å²) in [5.74, 6) is -8.86. The van der Waals surface area contributed by atoms with Gasteiger partial charge >= 0.3 is 12.3 Å². The van der Waals surface area contributed by atoms with Crippen molar-refractivity contribution >= 4 is 5.78 Å². The SMILES string of the molecule is CC(C)CC1C(=O)CC2c3c(O)c(OC(O)(O)O)c(OC(O)(O)O)c(O)c3CCN2C1(O)O. The first-order valence-electron chi connectivity index (χ1n) is 10.0. The number of aliphatic hydroxyl groups is 8. The first kappa shape index (κ1) is 25.4. The van der Waals surface area contributed by atoms with E-state index in [2.05, 4.69) is 9.47 Å². The summed E-state index contributed by atoms with van der Waals surface area (Å²) in [6.07, 6.45) is -8.25. The predicted octanol–water partition coefficient (Wildman–Crippen LogP) is -2.80. The van der Waals surface area contributed by atoms with Gasteiger partial charge in [-0.15, -0.1) is 0 Å². The zero-order valence-electron chi connectivity index (χ0n) is 17.7. The Morgan fingerprint density at radius 3 is 2.00 bits per heavy atom. The molecule has 1 saturated heterocycles. The first-order valence-corrected chi connectivity index (χ1v) is 10.0. The molecular formula is C19H27NO13. The lowest BCUT2D eigenvalue weighted by molar-refractivity contribution is -0.429. The highest BCUT2D eigenvalue weighted by atomic mass is 16.9. The van der Waals surface area contributed by atoms with Gasteiger partial charge in [0, 0.05) is 24.1 Å². The number of ether oxygens (including phenoxy) is 2. The zero-order valence-corrected chi connectivity index (χ0v) is 17.7. The smallest absolute Gasteiger partial charge is 0.453 e. The average molecular weight is 477 g/mol. The largest absolute Gasteiger partial charge is 0.504 e. The normalized spacial score (nSPS) is 23.3. The Morgan fingerprint density at radius 2 is 1.52 bits per heavy atom. The molecule has 0 aliphatic carbocycles. The van der Waals surface area contributed by atoms with Crippen LogP contribution in [0.1, 0.15) is 43.9 Å². The second kappa shape index (κ2) is 8.19. The standard InChI is InChI=1S/C19H27NO13/c1-7(2)5-9-11(21)6-10-12-8(3-4-20(10)17(9,24)25)13(22)15(32-18(26,27)28)16(14(12)23)33-19(29,30)31/h7,9-10,22-31H,3-6H2,1-2H3. The Morgan fingerprint density at radius 1 is 1.00 bits per heavy atom. The van der Waals surface area contributed by atoms with E-state index in [0.29, 0.717) is 0 Å². The van der Waals surface area contributed by atoms with Gasteiger partial charge in [-0.25, -0.2) is 4.90 Å². The van der Waals surface area contributed by atoms with Crippen LogP contribution >= 0.6 is 0 Å². The molecule has 2 atom stereocenters. The highest BCUT2D eigenvalue weighted by molar-refractivity contribution is 5.84. The second-order valence-corrected chi connectivity index (χ2v) is 8.60. The van der Waals surface area contributed by atoms with E-state index in [-0.39, 0.29) is 42.9 Å². The van der Waals surface area contributed by atoms with Gasteiger partial charge in [-0.05, 0) is 18.8 Å². The first-order chi connectivity index (χ1) is 14.9. The molecule has 186 valence electrons. The lowest BCUT2D eigenvalue weighted by Crippen LogP contribution is -2.63. The van der Waals surface area contributed by atoms with E-state index in [1.165, 1.54) is 0 Å². The number of rotatable bonds is 6. The Balaban J connectivity index is 2.18. The summed E-state index contributed by atoms with van der Waals surface area (Å²) in [5.41, 5.74) is -0.445. The molecule has 0 saturated carbocycles. The van der Waals surface area contributed by atoms with Gasteiger partial charge in [0.2, 0.25) is 17.4 Å². The van der Waals surface area contributed by atoms with Gasteiger partial charge in [0.15, 0.2) is 11.5 Å². The van der Waals surface area contributed by atoms with Crippen molar-refractivity contribution in [1.82, 2.24) is 4.90 Å². The molecule has 14 nitrogen and oxygen atoms in total. The van der Waals surface area contributed by atoms with Crippen LogP contribution in [0.15, 0.2) is 0 Å². The van der Waals surface area contributed by atoms with Gasteiger partial charge in [-0.3, -0.25) is 4.79 Å². The zero-order chi connectivity index (χ0) is 25.1. The van der Waals surface area contributed by atoms with Gasteiger partial charge in [-0.2, -0.15) is 0 Å². The van der Waals surface area contributed by atoms with Crippen LogP contribution < -0.4 is 9.47 Å². The van der Waals surface area contributed by atoms with Crippen LogP contribution in [0.25, 0.3) is 0 Å². The Hall–Kier alpha value is -2.27. The third-order valence-corrected chi connectivity index (χ3v) is 5.67. The van der Waals surface area contributed by atoms with Crippen LogP contribution in [-0.2, 0) is 11.2 Å². The molecule has 1 fully saturated rings. The number of piperidine rings is 1. The number of fused-ring (bicyclic) bond motifs is 3. The summed E-state index contributed by atoms with van der Waals surface area (Å²) in [7, 11) is 0. The lowest BCUT2D eigenvalue weighted by Gasteiger charge is -2.51. The van der Waals surface area contributed by atoms with Crippen LogP contribution in [-0.4, -0.2) is 86.5 Å². The Labute approximate surface area is 186 Å².